The molecule has 3 aromatic rings. The van der Waals surface area contributed by atoms with Gasteiger partial charge in [-0.15, -0.1) is 0 Å². The summed E-state index contributed by atoms with van der Waals surface area (Å²) in [6.07, 6.45) is 0. The number of nitrogens with one attached hydrogen (secondary N) is 1. The van der Waals surface area contributed by atoms with Crippen LogP contribution in [0.1, 0.15) is 0 Å². The van der Waals surface area contributed by atoms with Crippen LogP contribution in [0, 0.1) is 0 Å². The van der Waals surface area contributed by atoms with Gasteiger partial charge in [-0.05, 0) is 24.3 Å². The Hall–Kier alpha value is -1.85. The van der Waals surface area contributed by atoms with Crippen LogP contribution in [0.15, 0.2) is 47.4 Å². The highest BCUT2D eigenvalue weighted by Gasteiger charge is 2.14. The van der Waals surface area contributed by atoms with Crippen molar-refractivity contribution in [2.24, 2.45) is 0 Å². The molecule has 0 saturated heterocycles. The summed E-state index contributed by atoms with van der Waals surface area (Å²) >= 11 is 0. The summed E-state index contributed by atoms with van der Waals surface area (Å²) in [5.41, 5.74) is 1.89. The van der Waals surface area contributed by atoms with Crippen LogP contribution in [-0.2, 0) is 14.3 Å². The lowest BCUT2D eigenvalue weighted by atomic mass is 10.1. The van der Waals surface area contributed by atoms with E-state index in [1.165, 1.54) is 6.07 Å². The standard InChI is InChI=1S/C13H11NO3S/c1-17-18(15,16)9-6-7-13-11(8-9)10-4-2-3-5-12(10)14-13/h2-8,14H,1H3. The van der Waals surface area contributed by atoms with Gasteiger partial charge in [0.1, 0.15) is 0 Å². The Morgan fingerprint density at radius 2 is 1.72 bits per heavy atom. The van der Waals surface area contributed by atoms with Crippen LogP contribution in [0.5, 0.6) is 0 Å². The number of hydrogen-bond donors (Lipinski definition) is 1. The predicted molar refractivity (Wildman–Crippen MR) is 70.0 cm³/mol. The molecule has 3 rings (SSSR count). The maximum atomic E-state index is 11.7. The average molecular weight is 261 g/mol. The fourth-order valence-corrected chi connectivity index (χ4v) is 2.77. The zero-order valence-electron chi connectivity index (χ0n) is 9.67. The molecule has 1 N–H and O–H groups in total. The highest BCUT2D eigenvalue weighted by atomic mass is 32.2. The molecule has 0 aliphatic rings. The third kappa shape index (κ3) is 1.60. The smallest absolute Gasteiger partial charge is 0.296 e. The predicted octanol–water partition coefficient (Wildman–Crippen LogP) is 2.66. The largest absolute Gasteiger partial charge is 0.355 e. The fraction of sp³-hybridized carbons (Fsp3) is 0.0769. The van der Waals surface area contributed by atoms with Crippen molar-refractivity contribution in [1.82, 2.24) is 4.98 Å². The molecular weight excluding hydrogens is 250 g/mol. The first kappa shape index (κ1) is 11.3. The molecular formula is C13H11NO3S. The van der Waals surface area contributed by atoms with Gasteiger partial charge in [-0.1, -0.05) is 18.2 Å². The van der Waals surface area contributed by atoms with E-state index in [0.29, 0.717) is 0 Å². The van der Waals surface area contributed by atoms with E-state index >= 15 is 0 Å². The van der Waals surface area contributed by atoms with Crippen molar-refractivity contribution in [2.75, 3.05) is 7.11 Å². The Labute approximate surface area is 104 Å². The second kappa shape index (κ2) is 3.83. The number of rotatable bonds is 2. The third-order valence-electron chi connectivity index (χ3n) is 2.99. The highest BCUT2D eigenvalue weighted by Crippen LogP contribution is 2.27. The van der Waals surface area contributed by atoms with Gasteiger partial charge in [0.25, 0.3) is 10.1 Å². The number of aromatic nitrogens is 1. The third-order valence-corrected chi connectivity index (χ3v) is 4.26. The average Bonchev–Trinajstić information content (AvgIpc) is 2.76. The topological polar surface area (TPSA) is 59.2 Å². The molecule has 0 spiro atoms. The molecule has 0 fully saturated rings. The Bertz CT molecular complexity index is 834. The van der Waals surface area contributed by atoms with Gasteiger partial charge in [0.2, 0.25) is 0 Å². The van der Waals surface area contributed by atoms with E-state index in [9.17, 15) is 8.42 Å². The molecule has 0 radical (unpaired) electrons. The molecule has 92 valence electrons. The summed E-state index contributed by atoms with van der Waals surface area (Å²) in [7, 11) is -2.49. The maximum absolute atomic E-state index is 11.7. The van der Waals surface area contributed by atoms with Gasteiger partial charge < -0.3 is 4.98 Å². The van der Waals surface area contributed by atoms with Crippen molar-refractivity contribution in [3.05, 3.63) is 42.5 Å². The second-order valence-electron chi connectivity index (χ2n) is 4.00. The van der Waals surface area contributed by atoms with Crippen molar-refractivity contribution >= 4 is 31.9 Å². The molecule has 0 bridgehead atoms. The molecule has 0 saturated carbocycles. The van der Waals surface area contributed by atoms with Gasteiger partial charge in [0.15, 0.2) is 0 Å². The molecule has 2 aromatic carbocycles. The quantitative estimate of drug-likeness (QED) is 0.721. The summed E-state index contributed by atoms with van der Waals surface area (Å²) in [6.45, 7) is 0. The van der Waals surface area contributed by atoms with Crippen LogP contribution in [0.2, 0.25) is 0 Å². The molecule has 18 heavy (non-hydrogen) atoms. The van der Waals surface area contributed by atoms with Crippen molar-refractivity contribution in [1.29, 1.82) is 0 Å². The molecule has 5 heteroatoms. The SMILES string of the molecule is COS(=O)(=O)c1ccc2[nH]c3ccccc3c2c1. The first-order chi connectivity index (χ1) is 8.62. The lowest BCUT2D eigenvalue weighted by Crippen LogP contribution is -2.02. The normalized spacial score (nSPS) is 12.3. The van der Waals surface area contributed by atoms with Gasteiger partial charge in [0, 0.05) is 21.8 Å². The molecule has 0 aliphatic heterocycles. The molecule has 0 atom stereocenters. The number of para-hydroxylation sites is 1. The number of benzene rings is 2. The van der Waals surface area contributed by atoms with E-state index in [1.54, 1.807) is 12.1 Å². The van der Waals surface area contributed by atoms with Crippen LogP contribution < -0.4 is 0 Å². The zero-order chi connectivity index (χ0) is 12.8. The number of H-pyrrole nitrogens is 1. The Morgan fingerprint density at radius 3 is 2.50 bits per heavy atom. The fourth-order valence-electron chi connectivity index (χ4n) is 2.08. The summed E-state index contributed by atoms with van der Waals surface area (Å²) in [5.74, 6) is 0. The first-order valence-electron chi connectivity index (χ1n) is 5.43. The lowest BCUT2D eigenvalue weighted by molar-refractivity contribution is 0.398. The van der Waals surface area contributed by atoms with Crippen molar-refractivity contribution in [2.45, 2.75) is 4.90 Å². The Balaban J connectivity index is 2.38. The van der Waals surface area contributed by atoms with E-state index < -0.39 is 10.1 Å². The van der Waals surface area contributed by atoms with E-state index in [-0.39, 0.29) is 4.90 Å². The van der Waals surface area contributed by atoms with Gasteiger partial charge in [-0.3, -0.25) is 4.18 Å². The van der Waals surface area contributed by atoms with Crippen molar-refractivity contribution in [3.63, 3.8) is 0 Å². The van der Waals surface area contributed by atoms with Crippen LogP contribution in [-0.4, -0.2) is 20.5 Å². The molecule has 0 unspecified atom stereocenters. The minimum Gasteiger partial charge on any atom is -0.355 e. The second-order valence-corrected chi connectivity index (χ2v) is 5.71. The summed E-state index contributed by atoms with van der Waals surface area (Å²) in [5, 5.41) is 1.88. The summed E-state index contributed by atoms with van der Waals surface area (Å²) in [4.78, 5) is 3.41. The molecule has 0 aliphatic carbocycles. The van der Waals surface area contributed by atoms with Crippen LogP contribution in [0.25, 0.3) is 21.8 Å². The molecule has 1 aromatic heterocycles. The van der Waals surface area contributed by atoms with E-state index in [4.69, 9.17) is 0 Å². The Morgan fingerprint density at radius 1 is 1.00 bits per heavy atom. The van der Waals surface area contributed by atoms with Crippen molar-refractivity contribution < 1.29 is 12.6 Å². The maximum Gasteiger partial charge on any atom is 0.296 e. The molecule has 0 amide bonds. The monoisotopic (exact) mass is 261 g/mol. The number of fused-ring (bicyclic) bond motifs is 3. The van der Waals surface area contributed by atoms with Gasteiger partial charge in [-0.25, -0.2) is 0 Å². The number of aromatic amines is 1. The lowest BCUT2D eigenvalue weighted by Gasteiger charge is -2.01. The zero-order valence-corrected chi connectivity index (χ0v) is 10.5. The van der Waals surface area contributed by atoms with Gasteiger partial charge in [-0.2, -0.15) is 8.42 Å². The van der Waals surface area contributed by atoms with Crippen LogP contribution >= 0.6 is 0 Å². The minimum atomic E-state index is -3.65. The summed E-state index contributed by atoms with van der Waals surface area (Å²) < 4.78 is 27.9. The van der Waals surface area contributed by atoms with Gasteiger partial charge in [0.05, 0.1) is 12.0 Å². The number of hydrogen-bond acceptors (Lipinski definition) is 3. The van der Waals surface area contributed by atoms with Crippen molar-refractivity contribution in [3.8, 4) is 0 Å². The van der Waals surface area contributed by atoms with Gasteiger partial charge >= 0.3 is 0 Å². The minimum absolute atomic E-state index is 0.169. The van der Waals surface area contributed by atoms with Crippen LogP contribution in [0.3, 0.4) is 0 Å². The highest BCUT2D eigenvalue weighted by molar-refractivity contribution is 7.86. The molecule has 1 heterocycles. The molecule has 4 nitrogen and oxygen atoms in total. The summed E-state index contributed by atoms with van der Waals surface area (Å²) in [6, 6.07) is 12.7. The first-order valence-corrected chi connectivity index (χ1v) is 6.84. The van der Waals surface area contributed by atoms with Crippen LogP contribution in [0.4, 0.5) is 0 Å². The van der Waals surface area contributed by atoms with E-state index in [1.807, 2.05) is 24.3 Å². The van der Waals surface area contributed by atoms with E-state index in [0.717, 1.165) is 28.9 Å². The van der Waals surface area contributed by atoms with E-state index in [2.05, 4.69) is 9.17 Å². The Kier molecular flexibility index (Phi) is 2.39.